The number of nitrogens with two attached hydrogens (primary N) is 1. The molecule has 1 aromatic heterocycles. The molecule has 0 aliphatic rings. The number of aromatic nitrogens is 3. The maximum absolute atomic E-state index is 13.5. The summed E-state index contributed by atoms with van der Waals surface area (Å²) in [6.07, 6.45) is 1.60. The highest BCUT2D eigenvalue weighted by Crippen LogP contribution is 2.23. The highest BCUT2D eigenvalue weighted by molar-refractivity contribution is 5.61. The number of para-hydroxylation sites is 1. The van der Waals surface area contributed by atoms with Crippen LogP contribution in [-0.4, -0.2) is 14.8 Å². The maximum Gasteiger partial charge on any atom is 0.168 e. The van der Waals surface area contributed by atoms with Gasteiger partial charge in [-0.15, -0.1) is 10.2 Å². The van der Waals surface area contributed by atoms with Gasteiger partial charge in [0.25, 0.3) is 0 Å². The first-order valence-corrected chi connectivity index (χ1v) is 5.76. The third-order valence-electron chi connectivity index (χ3n) is 2.84. The van der Waals surface area contributed by atoms with E-state index in [0.29, 0.717) is 11.4 Å². The van der Waals surface area contributed by atoms with Crippen LogP contribution in [0.1, 0.15) is 0 Å². The molecule has 0 amide bonds. The minimum Gasteiger partial charge on any atom is -0.396 e. The molecule has 0 radical (unpaired) electrons. The van der Waals surface area contributed by atoms with E-state index in [4.69, 9.17) is 5.73 Å². The van der Waals surface area contributed by atoms with Crippen LogP contribution in [0.4, 0.5) is 10.1 Å². The Morgan fingerprint density at radius 2 is 1.84 bits per heavy atom. The van der Waals surface area contributed by atoms with Gasteiger partial charge in [-0.05, 0) is 30.3 Å². The molecule has 94 valence electrons. The second-order valence-corrected chi connectivity index (χ2v) is 4.10. The number of hydrogen-bond acceptors (Lipinski definition) is 3. The molecule has 0 saturated carbocycles. The third kappa shape index (κ3) is 2.06. The van der Waals surface area contributed by atoms with Gasteiger partial charge in [0, 0.05) is 11.3 Å². The normalized spacial score (nSPS) is 10.6. The lowest BCUT2D eigenvalue weighted by molar-refractivity contribution is 0.633. The fraction of sp³-hybridized carbons (Fsp3) is 0. The van der Waals surface area contributed by atoms with Crippen molar-refractivity contribution in [1.82, 2.24) is 14.8 Å². The van der Waals surface area contributed by atoms with Gasteiger partial charge in [-0.2, -0.15) is 0 Å². The van der Waals surface area contributed by atoms with E-state index in [1.54, 1.807) is 17.0 Å². The SMILES string of the molecule is Nc1ccc(-c2nncn2-c2ccccc2)cc1F. The molecular weight excluding hydrogens is 243 g/mol. The molecule has 19 heavy (non-hydrogen) atoms. The van der Waals surface area contributed by atoms with Crippen molar-refractivity contribution in [2.45, 2.75) is 0 Å². The Labute approximate surface area is 109 Å². The summed E-state index contributed by atoms with van der Waals surface area (Å²) >= 11 is 0. The topological polar surface area (TPSA) is 56.7 Å². The summed E-state index contributed by atoms with van der Waals surface area (Å²) in [6.45, 7) is 0. The summed E-state index contributed by atoms with van der Waals surface area (Å²) in [5, 5.41) is 7.93. The quantitative estimate of drug-likeness (QED) is 0.715. The van der Waals surface area contributed by atoms with Crippen LogP contribution >= 0.6 is 0 Å². The number of halogens is 1. The van der Waals surface area contributed by atoms with Crippen molar-refractivity contribution >= 4 is 5.69 Å². The fourth-order valence-electron chi connectivity index (χ4n) is 1.88. The standard InChI is InChI=1S/C14H11FN4/c15-12-8-10(6-7-13(12)16)14-18-17-9-19(14)11-4-2-1-3-5-11/h1-9H,16H2. The molecule has 5 heteroatoms. The summed E-state index contributed by atoms with van der Waals surface area (Å²) < 4.78 is 15.3. The van der Waals surface area contributed by atoms with Crippen molar-refractivity contribution < 1.29 is 4.39 Å². The predicted octanol–water partition coefficient (Wildman–Crippen LogP) is 2.66. The highest BCUT2D eigenvalue weighted by Gasteiger charge is 2.10. The number of nitrogens with zero attached hydrogens (tertiary/aromatic N) is 3. The van der Waals surface area contributed by atoms with Gasteiger partial charge in [-0.1, -0.05) is 18.2 Å². The Morgan fingerprint density at radius 1 is 1.05 bits per heavy atom. The van der Waals surface area contributed by atoms with Gasteiger partial charge >= 0.3 is 0 Å². The molecule has 0 bridgehead atoms. The zero-order valence-corrected chi connectivity index (χ0v) is 9.99. The van der Waals surface area contributed by atoms with Crippen molar-refractivity contribution in [3.8, 4) is 17.1 Å². The molecule has 0 aliphatic carbocycles. The first-order valence-electron chi connectivity index (χ1n) is 5.76. The molecule has 0 unspecified atom stereocenters. The molecule has 1 heterocycles. The van der Waals surface area contributed by atoms with Crippen LogP contribution in [-0.2, 0) is 0 Å². The lowest BCUT2D eigenvalue weighted by Gasteiger charge is -2.07. The fourth-order valence-corrected chi connectivity index (χ4v) is 1.88. The Bertz CT molecular complexity index is 706. The molecule has 0 saturated heterocycles. The van der Waals surface area contributed by atoms with E-state index in [-0.39, 0.29) is 5.69 Å². The minimum absolute atomic E-state index is 0.120. The van der Waals surface area contributed by atoms with Crippen molar-refractivity contribution in [3.05, 3.63) is 60.7 Å². The molecule has 0 spiro atoms. The average molecular weight is 254 g/mol. The second kappa shape index (κ2) is 4.53. The summed E-state index contributed by atoms with van der Waals surface area (Å²) in [6, 6.07) is 14.2. The Morgan fingerprint density at radius 3 is 2.58 bits per heavy atom. The van der Waals surface area contributed by atoms with E-state index >= 15 is 0 Å². The Kier molecular flexibility index (Phi) is 2.72. The molecule has 0 atom stereocenters. The number of rotatable bonds is 2. The molecule has 0 aliphatic heterocycles. The number of nitrogen functional groups attached to an aromatic ring is 1. The highest BCUT2D eigenvalue weighted by atomic mass is 19.1. The molecule has 3 rings (SSSR count). The minimum atomic E-state index is -0.458. The van der Waals surface area contributed by atoms with Crippen LogP contribution in [0.2, 0.25) is 0 Å². The van der Waals surface area contributed by atoms with Gasteiger partial charge in [-0.25, -0.2) is 4.39 Å². The van der Waals surface area contributed by atoms with Crippen LogP contribution in [0.25, 0.3) is 17.1 Å². The van der Waals surface area contributed by atoms with E-state index in [9.17, 15) is 4.39 Å². The molecule has 3 aromatic rings. The molecule has 2 N–H and O–H groups in total. The van der Waals surface area contributed by atoms with E-state index < -0.39 is 5.82 Å². The summed E-state index contributed by atoms with van der Waals surface area (Å²) in [7, 11) is 0. The van der Waals surface area contributed by atoms with Crippen LogP contribution in [0.5, 0.6) is 0 Å². The van der Waals surface area contributed by atoms with Gasteiger partial charge in [0.15, 0.2) is 5.82 Å². The van der Waals surface area contributed by atoms with Crippen LogP contribution < -0.4 is 5.73 Å². The largest absolute Gasteiger partial charge is 0.396 e. The third-order valence-corrected chi connectivity index (χ3v) is 2.84. The molecule has 2 aromatic carbocycles. The van der Waals surface area contributed by atoms with Gasteiger partial charge in [-0.3, -0.25) is 4.57 Å². The molecular formula is C14H11FN4. The average Bonchev–Trinajstić information content (AvgIpc) is 2.92. The van der Waals surface area contributed by atoms with Gasteiger partial charge < -0.3 is 5.73 Å². The maximum atomic E-state index is 13.5. The zero-order chi connectivity index (χ0) is 13.2. The first-order chi connectivity index (χ1) is 9.25. The smallest absolute Gasteiger partial charge is 0.168 e. The Balaban J connectivity index is 2.12. The van der Waals surface area contributed by atoms with E-state index in [0.717, 1.165) is 5.69 Å². The lowest BCUT2D eigenvalue weighted by Crippen LogP contribution is -1.97. The van der Waals surface area contributed by atoms with Crippen molar-refractivity contribution in [3.63, 3.8) is 0 Å². The predicted molar refractivity (Wildman–Crippen MR) is 71.2 cm³/mol. The van der Waals surface area contributed by atoms with Crippen molar-refractivity contribution in [2.24, 2.45) is 0 Å². The second-order valence-electron chi connectivity index (χ2n) is 4.10. The molecule has 4 nitrogen and oxygen atoms in total. The van der Waals surface area contributed by atoms with Gasteiger partial charge in [0.1, 0.15) is 12.1 Å². The van der Waals surface area contributed by atoms with Crippen molar-refractivity contribution in [1.29, 1.82) is 0 Å². The Hall–Kier alpha value is -2.69. The lowest BCUT2D eigenvalue weighted by atomic mass is 10.2. The monoisotopic (exact) mass is 254 g/mol. The van der Waals surface area contributed by atoms with Crippen LogP contribution in [0, 0.1) is 5.82 Å². The summed E-state index contributed by atoms with van der Waals surface area (Å²) in [4.78, 5) is 0. The number of hydrogen-bond donors (Lipinski definition) is 1. The van der Waals surface area contributed by atoms with Crippen LogP contribution in [0.15, 0.2) is 54.9 Å². The molecule has 0 fully saturated rings. The zero-order valence-electron chi connectivity index (χ0n) is 9.99. The van der Waals surface area contributed by atoms with E-state index in [1.165, 1.54) is 12.1 Å². The van der Waals surface area contributed by atoms with Crippen molar-refractivity contribution in [2.75, 3.05) is 5.73 Å². The number of anilines is 1. The van der Waals surface area contributed by atoms with Crippen LogP contribution in [0.3, 0.4) is 0 Å². The summed E-state index contributed by atoms with van der Waals surface area (Å²) in [5.41, 5.74) is 7.14. The number of benzene rings is 2. The van der Waals surface area contributed by atoms with E-state index in [1.807, 2.05) is 30.3 Å². The van der Waals surface area contributed by atoms with Gasteiger partial charge in [0.2, 0.25) is 0 Å². The summed E-state index contributed by atoms with van der Waals surface area (Å²) in [5.74, 6) is 0.116. The first kappa shape index (κ1) is 11.4. The van der Waals surface area contributed by atoms with E-state index in [2.05, 4.69) is 10.2 Å². The van der Waals surface area contributed by atoms with Gasteiger partial charge in [0.05, 0.1) is 5.69 Å².